The van der Waals surface area contributed by atoms with E-state index in [9.17, 15) is 13.2 Å². The molecule has 0 amide bonds. The van der Waals surface area contributed by atoms with E-state index in [0.29, 0.717) is 0 Å². The molecule has 3 heteroatoms. The summed E-state index contributed by atoms with van der Waals surface area (Å²) in [5.41, 5.74) is 0.0323. The maximum absolute atomic E-state index is 12.4. The van der Waals surface area contributed by atoms with E-state index in [2.05, 4.69) is 0 Å². The van der Waals surface area contributed by atoms with E-state index in [1.807, 2.05) is 32.9 Å². The highest BCUT2D eigenvalue weighted by molar-refractivity contribution is 5.32. The van der Waals surface area contributed by atoms with Crippen molar-refractivity contribution in [2.45, 2.75) is 32.4 Å². The fourth-order valence-electron chi connectivity index (χ4n) is 1.60. The Labute approximate surface area is 93.8 Å². The van der Waals surface area contributed by atoms with Gasteiger partial charge in [0.1, 0.15) is 0 Å². The summed E-state index contributed by atoms with van der Waals surface area (Å²) in [6, 6.07) is 5.31. The highest BCUT2D eigenvalue weighted by atomic mass is 19.4. The number of hydrogen-bond acceptors (Lipinski definition) is 0. The predicted molar refractivity (Wildman–Crippen MR) is 59.3 cm³/mol. The van der Waals surface area contributed by atoms with Gasteiger partial charge in [0.15, 0.2) is 0 Å². The van der Waals surface area contributed by atoms with Crippen LogP contribution in [-0.2, 0) is 11.6 Å². The van der Waals surface area contributed by atoms with Gasteiger partial charge < -0.3 is 0 Å². The molecule has 0 N–H and O–H groups in total. The van der Waals surface area contributed by atoms with E-state index >= 15 is 0 Å². The molecule has 0 spiro atoms. The van der Waals surface area contributed by atoms with Gasteiger partial charge in [0.2, 0.25) is 0 Å². The van der Waals surface area contributed by atoms with E-state index in [-0.39, 0.29) is 5.41 Å². The zero-order valence-corrected chi connectivity index (χ0v) is 9.60. The Morgan fingerprint density at radius 1 is 0.938 bits per heavy atom. The molecule has 0 aromatic heterocycles. The van der Waals surface area contributed by atoms with E-state index in [0.717, 1.165) is 17.7 Å². The van der Waals surface area contributed by atoms with E-state index in [1.165, 1.54) is 12.1 Å². The highest BCUT2D eigenvalue weighted by Gasteiger charge is 2.30. The average Bonchev–Trinajstić information content (AvgIpc) is 2.16. The summed E-state index contributed by atoms with van der Waals surface area (Å²) in [4.78, 5) is 0. The second-order valence-corrected chi connectivity index (χ2v) is 4.30. The first kappa shape index (κ1) is 12.8. The van der Waals surface area contributed by atoms with Crippen molar-refractivity contribution in [1.29, 1.82) is 0 Å². The Balaban J connectivity index is 3.04. The molecule has 0 heterocycles. The van der Waals surface area contributed by atoms with Crippen LogP contribution in [0.25, 0.3) is 0 Å². The van der Waals surface area contributed by atoms with Crippen LogP contribution in [0, 0.1) is 0 Å². The Hall–Kier alpha value is -1.25. The zero-order chi connectivity index (χ0) is 12.4. The molecule has 1 aromatic carbocycles. The van der Waals surface area contributed by atoms with Crippen molar-refractivity contribution in [3.8, 4) is 0 Å². The lowest BCUT2D eigenvalue weighted by atomic mass is 9.84. The summed E-state index contributed by atoms with van der Waals surface area (Å²) in [5.74, 6) is 0. The summed E-state index contributed by atoms with van der Waals surface area (Å²) >= 11 is 0. The normalized spacial score (nSPS) is 13.4. The molecule has 0 bridgehead atoms. The van der Waals surface area contributed by atoms with Gasteiger partial charge in [0.25, 0.3) is 0 Å². The molecule has 0 aliphatic heterocycles. The lowest BCUT2D eigenvalue weighted by molar-refractivity contribution is -0.137. The van der Waals surface area contributed by atoms with Gasteiger partial charge in [-0.2, -0.15) is 13.2 Å². The first-order valence-corrected chi connectivity index (χ1v) is 5.09. The molecule has 16 heavy (non-hydrogen) atoms. The summed E-state index contributed by atoms with van der Waals surface area (Å²) < 4.78 is 37.1. The van der Waals surface area contributed by atoms with Crippen molar-refractivity contribution in [1.82, 2.24) is 0 Å². The lowest BCUT2D eigenvalue weighted by Crippen LogP contribution is -2.14. The Morgan fingerprint density at radius 3 is 1.75 bits per heavy atom. The van der Waals surface area contributed by atoms with Gasteiger partial charge in [-0.3, -0.25) is 0 Å². The Morgan fingerprint density at radius 2 is 1.38 bits per heavy atom. The molecule has 0 saturated heterocycles. The molecule has 0 radical (unpaired) electrons. The van der Waals surface area contributed by atoms with Crippen molar-refractivity contribution >= 4 is 0 Å². The minimum atomic E-state index is -4.26. The number of benzene rings is 1. The summed E-state index contributed by atoms with van der Waals surface area (Å²) in [6.45, 7) is 5.83. The zero-order valence-electron chi connectivity index (χ0n) is 9.60. The van der Waals surface area contributed by atoms with Gasteiger partial charge in [0.05, 0.1) is 5.56 Å². The third kappa shape index (κ3) is 2.87. The fraction of sp³-hybridized carbons (Fsp3) is 0.385. The van der Waals surface area contributed by atoms with Gasteiger partial charge in [0, 0.05) is 5.41 Å². The molecular weight excluding hydrogens is 213 g/mol. The molecule has 0 nitrogen and oxygen atoms in total. The van der Waals surface area contributed by atoms with Crippen LogP contribution in [0.2, 0.25) is 0 Å². The van der Waals surface area contributed by atoms with Gasteiger partial charge in [-0.1, -0.05) is 38.1 Å². The Bertz CT molecular complexity index is 369. The topological polar surface area (TPSA) is 0 Å². The number of alkyl halides is 3. The quantitative estimate of drug-likeness (QED) is 0.651. The van der Waals surface area contributed by atoms with Gasteiger partial charge in [-0.15, -0.1) is 0 Å². The van der Waals surface area contributed by atoms with E-state index in [4.69, 9.17) is 0 Å². The Kier molecular flexibility index (Phi) is 3.46. The van der Waals surface area contributed by atoms with Crippen LogP contribution in [0.3, 0.4) is 0 Å². The van der Waals surface area contributed by atoms with Crippen molar-refractivity contribution in [2.75, 3.05) is 0 Å². The van der Waals surface area contributed by atoms with Crippen molar-refractivity contribution in [3.05, 3.63) is 47.5 Å². The summed E-state index contributed by atoms with van der Waals surface area (Å²) in [6.07, 6.45) is -0.392. The largest absolute Gasteiger partial charge is 0.416 e. The second kappa shape index (κ2) is 4.32. The molecule has 0 unspecified atom stereocenters. The highest BCUT2D eigenvalue weighted by Crippen LogP contribution is 2.31. The molecule has 0 aliphatic carbocycles. The lowest BCUT2D eigenvalue weighted by Gasteiger charge is -2.21. The molecule has 0 saturated carbocycles. The summed E-state index contributed by atoms with van der Waals surface area (Å²) in [5, 5.41) is 0. The van der Waals surface area contributed by atoms with Crippen LogP contribution in [0.5, 0.6) is 0 Å². The number of allylic oxidation sites excluding steroid dienone is 2. The van der Waals surface area contributed by atoms with Crippen LogP contribution < -0.4 is 0 Å². The van der Waals surface area contributed by atoms with Crippen LogP contribution in [0.4, 0.5) is 13.2 Å². The van der Waals surface area contributed by atoms with Gasteiger partial charge in [-0.05, 0) is 24.6 Å². The smallest absolute Gasteiger partial charge is 0.166 e. The minimum absolute atomic E-state index is 0.237. The number of rotatable bonds is 2. The van der Waals surface area contributed by atoms with Crippen LogP contribution in [0.15, 0.2) is 36.4 Å². The maximum atomic E-state index is 12.4. The van der Waals surface area contributed by atoms with E-state index < -0.39 is 11.7 Å². The molecule has 1 rings (SSSR count). The molecule has 0 fully saturated rings. The number of hydrogen-bond donors (Lipinski definition) is 0. The minimum Gasteiger partial charge on any atom is -0.166 e. The first-order chi connectivity index (χ1) is 7.27. The van der Waals surface area contributed by atoms with Crippen LogP contribution in [0.1, 0.15) is 31.9 Å². The third-order valence-electron chi connectivity index (χ3n) is 2.54. The fourth-order valence-corrected chi connectivity index (χ4v) is 1.60. The van der Waals surface area contributed by atoms with E-state index in [1.54, 1.807) is 0 Å². The van der Waals surface area contributed by atoms with Crippen LogP contribution in [-0.4, -0.2) is 0 Å². The van der Waals surface area contributed by atoms with Crippen molar-refractivity contribution < 1.29 is 13.2 Å². The van der Waals surface area contributed by atoms with Crippen molar-refractivity contribution in [2.24, 2.45) is 0 Å². The van der Waals surface area contributed by atoms with Crippen LogP contribution >= 0.6 is 0 Å². The molecule has 0 atom stereocenters. The number of halogens is 3. The molecule has 0 aliphatic rings. The molecule has 88 valence electrons. The third-order valence-corrected chi connectivity index (χ3v) is 2.54. The molecule has 1 aromatic rings. The SMILES string of the molecule is C/C=C/C(C)(C)c1ccc(C(F)(F)F)cc1. The predicted octanol–water partition coefficient (Wildman–Crippen LogP) is 4.56. The second-order valence-electron chi connectivity index (χ2n) is 4.30. The van der Waals surface area contributed by atoms with Crippen molar-refractivity contribution in [3.63, 3.8) is 0 Å². The molecular formula is C13H15F3. The standard InChI is InChI=1S/C13H15F3/c1-4-9-12(2,3)10-5-7-11(8-6-10)13(14,15)16/h4-9H,1-3H3/b9-4+. The monoisotopic (exact) mass is 228 g/mol. The van der Waals surface area contributed by atoms with Gasteiger partial charge in [-0.25, -0.2) is 0 Å². The maximum Gasteiger partial charge on any atom is 0.416 e. The average molecular weight is 228 g/mol. The summed E-state index contributed by atoms with van der Waals surface area (Å²) in [7, 11) is 0. The first-order valence-electron chi connectivity index (χ1n) is 5.09. The van der Waals surface area contributed by atoms with Gasteiger partial charge >= 0.3 is 6.18 Å².